The minimum atomic E-state index is -0.236. The number of hydrogen-bond donors (Lipinski definition) is 0. The van der Waals surface area contributed by atoms with Crippen molar-refractivity contribution in [2.75, 3.05) is 0 Å². The first-order valence-electron chi connectivity index (χ1n) is 6.50. The Hall–Kier alpha value is -2.10. The van der Waals surface area contributed by atoms with Crippen LogP contribution in [0, 0.1) is 0 Å². The molecule has 1 aromatic carbocycles. The third kappa shape index (κ3) is 3.95. The Morgan fingerprint density at radius 1 is 1.42 bits per heavy atom. The summed E-state index contributed by atoms with van der Waals surface area (Å²) in [6.45, 7) is 4.15. The van der Waals surface area contributed by atoms with Crippen molar-refractivity contribution >= 4 is 12.2 Å². The zero-order valence-electron chi connectivity index (χ0n) is 10.9. The van der Waals surface area contributed by atoms with Crippen LogP contribution in [0.5, 0.6) is 0 Å². The molecule has 19 heavy (non-hydrogen) atoms. The first kappa shape index (κ1) is 13.3. The Morgan fingerprint density at radius 2 is 2.26 bits per heavy atom. The lowest BCUT2D eigenvalue weighted by Gasteiger charge is -2.21. The lowest BCUT2D eigenvalue weighted by atomic mass is 10.1. The second-order valence-corrected chi connectivity index (χ2v) is 4.45. The molecular formula is C15H18N2O2. The van der Waals surface area contributed by atoms with Gasteiger partial charge in [-0.15, -0.1) is 16.9 Å². The van der Waals surface area contributed by atoms with Gasteiger partial charge in [-0.25, -0.2) is 4.79 Å². The number of allylic oxidation sites excluding steroid dienone is 1. The Bertz CT molecular complexity index is 483. The molecule has 0 unspecified atom stereocenters. The molecule has 0 fully saturated rings. The normalized spacial score (nSPS) is 12.9. The molecule has 0 radical (unpaired) electrons. The van der Waals surface area contributed by atoms with Gasteiger partial charge in [0.1, 0.15) is 6.54 Å². The van der Waals surface area contributed by atoms with E-state index in [9.17, 15) is 4.79 Å². The molecule has 1 aliphatic heterocycles. The SMILES string of the molecule is C=CCCCCC(=O)ON1Cc2ccccc2C=N1. The van der Waals surface area contributed by atoms with Crippen LogP contribution in [0.25, 0.3) is 0 Å². The van der Waals surface area contributed by atoms with E-state index in [1.807, 2.05) is 30.3 Å². The standard InChI is InChI=1S/C15H18N2O2/c1-2-3-4-5-10-15(18)19-17-12-14-9-7-6-8-13(14)11-16-17/h2,6-9,11H,1,3-5,10,12H2. The minimum absolute atomic E-state index is 0.236. The summed E-state index contributed by atoms with van der Waals surface area (Å²) in [6, 6.07) is 7.93. The smallest absolute Gasteiger partial charge is 0.324 e. The van der Waals surface area contributed by atoms with E-state index in [1.165, 1.54) is 5.17 Å². The number of unbranched alkanes of at least 4 members (excludes halogenated alkanes) is 2. The molecule has 0 saturated carbocycles. The molecule has 1 aliphatic rings. The average Bonchev–Trinajstić information content (AvgIpc) is 2.43. The average molecular weight is 258 g/mol. The van der Waals surface area contributed by atoms with E-state index >= 15 is 0 Å². The van der Waals surface area contributed by atoms with Crippen molar-refractivity contribution in [3.63, 3.8) is 0 Å². The van der Waals surface area contributed by atoms with E-state index in [0.717, 1.165) is 30.4 Å². The van der Waals surface area contributed by atoms with Crippen LogP contribution < -0.4 is 0 Å². The monoisotopic (exact) mass is 258 g/mol. The quantitative estimate of drug-likeness (QED) is 0.581. The second kappa shape index (κ2) is 6.73. The first-order chi connectivity index (χ1) is 9.29. The zero-order valence-corrected chi connectivity index (χ0v) is 10.9. The van der Waals surface area contributed by atoms with Crippen LogP contribution in [0.2, 0.25) is 0 Å². The third-order valence-electron chi connectivity index (χ3n) is 2.93. The summed E-state index contributed by atoms with van der Waals surface area (Å²) >= 11 is 0. The minimum Gasteiger partial charge on any atom is -0.324 e. The highest BCUT2D eigenvalue weighted by atomic mass is 16.7. The molecule has 0 amide bonds. The van der Waals surface area contributed by atoms with Crippen molar-refractivity contribution < 1.29 is 9.63 Å². The highest BCUT2D eigenvalue weighted by Crippen LogP contribution is 2.15. The van der Waals surface area contributed by atoms with Crippen LogP contribution in [0.15, 0.2) is 42.0 Å². The number of fused-ring (bicyclic) bond motifs is 1. The van der Waals surface area contributed by atoms with Crippen LogP contribution in [-0.2, 0) is 16.2 Å². The summed E-state index contributed by atoms with van der Waals surface area (Å²) in [4.78, 5) is 16.8. The molecule has 2 rings (SSSR count). The van der Waals surface area contributed by atoms with Crippen molar-refractivity contribution in [2.24, 2.45) is 5.10 Å². The predicted molar refractivity (Wildman–Crippen MR) is 74.3 cm³/mol. The van der Waals surface area contributed by atoms with Gasteiger partial charge in [0, 0.05) is 6.42 Å². The van der Waals surface area contributed by atoms with Crippen LogP contribution in [-0.4, -0.2) is 17.4 Å². The molecule has 1 heterocycles. The van der Waals surface area contributed by atoms with Crippen molar-refractivity contribution in [3.8, 4) is 0 Å². The maximum Gasteiger partial charge on any atom is 0.334 e. The molecule has 1 aromatic rings. The van der Waals surface area contributed by atoms with Gasteiger partial charge < -0.3 is 4.84 Å². The fraction of sp³-hybridized carbons (Fsp3) is 0.333. The third-order valence-corrected chi connectivity index (χ3v) is 2.93. The van der Waals surface area contributed by atoms with E-state index in [2.05, 4.69) is 11.7 Å². The van der Waals surface area contributed by atoms with Gasteiger partial charge in [-0.05, 0) is 30.4 Å². The van der Waals surface area contributed by atoms with Crippen LogP contribution >= 0.6 is 0 Å². The van der Waals surface area contributed by atoms with Gasteiger partial charge in [0.2, 0.25) is 0 Å². The van der Waals surface area contributed by atoms with Crippen molar-refractivity contribution in [3.05, 3.63) is 48.0 Å². The zero-order chi connectivity index (χ0) is 13.5. The van der Waals surface area contributed by atoms with Gasteiger partial charge in [0.05, 0.1) is 6.21 Å². The van der Waals surface area contributed by atoms with Gasteiger partial charge >= 0.3 is 5.97 Å². The molecule has 4 nitrogen and oxygen atoms in total. The molecule has 0 spiro atoms. The molecular weight excluding hydrogens is 240 g/mol. The highest BCUT2D eigenvalue weighted by molar-refractivity contribution is 5.82. The van der Waals surface area contributed by atoms with Crippen LogP contribution in [0.1, 0.15) is 36.8 Å². The van der Waals surface area contributed by atoms with Gasteiger partial charge in [0.25, 0.3) is 0 Å². The first-order valence-corrected chi connectivity index (χ1v) is 6.50. The summed E-state index contributed by atoms with van der Waals surface area (Å²) in [6.07, 6.45) is 6.70. The van der Waals surface area contributed by atoms with E-state index in [0.29, 0.717) is 13.0 Å². The maximum atomic E-state index is 11.6. The van der Waals surface area contributed by atoms with Gasteiger partial charge in [-0.2, -0.15) is 0 Å². The Kier molecular flexibility index (Phi) is 4.72. The van der Waals surface area contributed by atoms with E-state index < -0.39 is 0 Å². The molecule has 0 saturated heterocycles. The number of carbonyl (C=O) groups excluding carboxylic acids is 1. The number of benzene rings is 1. The molecule has 0 atom stereocenters. The number of hydroxylamine groups is 1. The van der Waals surface area contributed by atoms with E-state index in [4.69, 9.17) is 4.84 Å². The topological polar surface area (TPSA) is 41.9 Å². The fourth-order valence-electron chi connectivity index (χ4n) is 1.89. The van der Waals surface area contributed by atoms with Gasteiger partial charge in [-0.3, -0.25) is 0 Å². The maximum absolute atomic E-state index is 11.6. The Balaban J connectivity index is 1.79. The molecule has 0 N–H and O–H groups in total. The largest absolute Gasteiger partial charge is 0.334 e. The molecule has 0 aromatic heterocycles. The second-order valence-electron chi connectivity index (χ2n) is 4.45. The number of nitrogens with zero attached hydrogens (tertiary/aromatic N) is 2. The number of carbonyl (C=O) groups is 1. The molecule has 4 heteroatoms. The summed E-state index contributed by atoms with van der Waals surface area (Å²) in [5.74, 6) is -0.236. The number of rotatable bonds is 6. The van der Waals surface area contributed by atoms with E-state index in [1.54, 1.807) is 6.21 Å². The summed E-state index contributed by atoms with van der Waals surface area (Å²) in [5.41, 5.74) is 2.18. The Labute approximate surface area is 113 Å². The van der Waals surface area contributed by atoms with E-state index in [-0.39, 0.29) is 5.97 Å². The predicted octanol–water partition coefficient (Wildman–Crippen LogP) is 3.04. The summed E-state index contributed by atoms with van der Waals surface area (Å²) in [5, 5.41) is 5.45. The molecule has 100 valence electrons. The van der Waals surface area contributed by atoms with Crippen molar-refractivity contribution in [1.82, 2.24) is 5.17 Å². The number of hydrazone groups is 1. The van der Waals surface area contributed by atoms with Crippen molar-refractivity contribution in [2.45, 2.75) is 32.2 Å². The van der Waals surface area contributed by atoms with Gasteiger partial charge in [0.15, 0.2) is 0 Å². The fourth-order valence-corrected chi connectivity index (χ4v) is 1.89. The van der Waals surface area contributed by atoms with Crippen molar-refractivity contribution in [1.29, 1.82) is 0 Å². The highest BCUT2D eigenvalue weighted by Gasteiger charge is 2.15. The number of hydrogen-bond acceptors (Lipinski definition) is 4. The summed E-state index contributed by atoms with van der Waals surface area (Å²) < 4.78 is 0. The van der Waals surface area contributed by atoms with Crippen LogP contribution in [0.3, 0.4) is 0 Å². The van der Waals surface area contributed by atoms with Gasteiger partial charge in [-0.1, -0.05) is 30.3 Å². The molecule has 0 aliphatic carbocycles. The summed E-state index contributed by atoms with van der Waals surface area (Å²) in [7, 11) is 0. The van der Waals surface area contributed by atoms with Crippen LogP contribution in [0.4, 0.5) is 0 Å². The molecule has 0 bridgehead atoms. The lowest BCUT2D eigenvalue weighted by Crippen LogP contribution is -2.25. The lowest BCUT2D eigenvalue weighted by molar-refractivity contribution is -0.194. The Morgan fingerprint density at radius 3 is 3.11 bits per heavy atom.